The van der Waals surface area contributed by atoms with Crippen LogP contribution in [0.5, 0.6) is 0 Å². The second-order valence-electron chi connectivity index (χ2n) is 17.0. The van der Waals surface area contributed by atoms with Crippen LogP contribution in [-0.4, -0.2) is 15.0 Å². The van der Waals surface area contributed by atoms with Crippen molar-refractivity contribution < 1.29 is 0 Å². The second kappa shape index (κ2) is 15.0. The number of fused-ring (bicyclic) bond motifs is 9. The van der Waals surface area contributed by atoms with Gasteiger partial charge in [-0.3, -0.25) is 0 Å². The zero-order valence-electron chi connectivity index (χ0n) is 35.0. The molecule has 1 aromatic heterocycles. The van der Waals surface area contributed by atoms with Crippen LogP contribution in [0.25, 0.3) is 67.2 Å². The lowest BCUT2D eigenvalue weighted by molar-refractivity contribution is 0.580. The highest BCUT2D eigenvalue weighted by Crippen LogP contribution is 2.60. The fourth-order valence-electron chi connectivity index (χ4n) is 10.9. The number of hydrogen-bond acceptors (Lipinski definition) is 3. The summed E-state index contributed by atoms with van der Waals surface area (Å²) >= 11 is 0. The molecule has 2 aliphatic carbocycles. The normalized spacial score (nSPS) is 15.8. The molecule has 3 heteroatoms. The summed E-state index contributed by atoms with van der Waals surface area (Å²) in [6.07, 6.45) is 0.866. The zero-order chi connectivity index (χ0) is 41.9. The van der Waals surface area contributed by atoms with E-state index in [1.54, 1.807) is 0 Å². The highest BCUT2D eigenvalue weighted by molar-refractivity contribution is 6.08. The van der Waals surface area contributed by atoms with Crippen LogP contribution in [0.15, 0.2) is 218 Å². The average molecular weight is 806 g/mol. The highest BCUT2D eigenvalue weighted by Gasteiger charge is 2.48. The van der Waals surface area contributed by atoms with Gasteiger partial charge in [0.05, 0.1) is 5.41 Å². The van der Waals surface area contributed by atoms with Gasteiger partial charge in [-0.25, -0.2) is 15.0 Å². The van der Waals surface area contributed by atoms with Gasteiger partial charge in [-0.05, 0) is 90.2 Å². The van der Waals surface area contributed by atoms with Gasteiger partial charge in [-0.2, -0.15) is 0 Å². The monoisotopic (exact) mass is 805 g/mol. The van der Waals surface area contributed by atoms with E-state index >= 15 is 0 Å². The van der Waals surface area contributed by atoms with Gasteiger partial charge in [-0.15, -0.1) is 0 Å². The molecule has 298 valence electrons. The van der Waals surface area contributed by atoms with Crippen molar-refractivity contribution in [3.8, 4) is 56.4 Å². The molecule has 1 heterocycles. The molecule has 0 saturated heterocycles. The van der Waals surface area contributed by atoms with Crippen LogP contribution in [0.3, 0.4) is 0 Å². The molecule has 2 aliphatic rings. The van der Waals surface area contributed by atoms with Crippen molar-refractivity contribution in [3.05, 3.63) is 257 Å². The summed E-state index contributed by atoms with van der Waals surface area (Å²) in [7, 11) is 0. The molecule has 2 atom stereocenters. The molecule has 12 rings (SSSR count). The minimum Gasteiger partial charge on any atom is -0.208 e. The predicted molar refractivity (Wildman–Crippen MR) is 258 cm³/mol. The fraction of sp³-hybridized carbons (Fsp3) is 0.0833. The van der Waals surface area contributed by atoms with Gasteiger partial charge >= 0.3 is 0 Å². The maximum absolute atomic E-state index is 5.24. The van der Waals surface area contributed by atoms with Crippen molar-refractivity contribution in [1.82, 2.24) is 15.0 Å². The van der Waals surface area contributed by atoms with Gasteiger partial charge < -0.3 is 0 Å². The van der Waals surface area contributed by atoms with E-state index in [9.17, 15) is 0 Å². The minimum atomic E-state index is -0.537. The van der Waals surface area contributed by atoms with Crippen LogP contribution >= 0.6 is 0 Å². The first-order valence-corrected chi connectivity index (χ1v) is 22.0. The molecular weight excluding hydrogens is 763 g/mol. The Morgan fingerprint density at radius 1 is 0.413 bits per heavy atom. The van der Waals surface area contributed by atoms with Crippen LogP contribution in [-0.2, 0) is 11.8 Å². The third-order valence-electron chi connectivity index (χ3n) is 13.7. The fourth-order valence-corrected chi connectivity index (χ4v) is 10.9. The minimum absolute atomic E-state index is 0.125. The van der Waals surface area contributed by atoms with E-state index in [0.717, 1.165) is 23.1 Å². The molecule has 10 aromatic rings. The molecular formula is C60H43N3. The van der Waals surface area contributed by atoms with Gasteiger partial charge in [0, 0.05) is 16.7 Å². The van der Waals surface area contributed by atoms with Gasteiger partial charge in [0.15, 0.2) is 17.5 Å². The van der Waals surface area contributed by atoms with Crippen LogP contribution in [0.2, 0.25) is 0 Å². The quantitative estimate of drug-likeness (QED) is 0.168. The van der Waals surface area contributed by atoms with E-state index in [1.807, 2.05) is 36.4 Å². The summed E-state index contributed by atoms with van der Waals surface area (Å²) in [5.41, 5.74) is 16.9. The van der Waals surface area contributed by atoms with Crippen molar-refractivity contribution in [1.29, 1.82) is 0 Å². The van der Waals surface area contributed by atoms with Gasteiger partial charge in [0.25, 0.3) is 0 Å². The molecule has 0 spiro atoms. The van der Waals surface area contributed by atoms with E-state index in [2.05, 4.69) is 189 Å². The summed E-state index contributed by atoms with van der Waals surface area (Å²) in [5, 5.41) is 2.59. The van der Waals surface area contributed by atoms with Gasteiger partial charge in [0.2, 0.25) is 0 Å². The molecule has 0 fully saturated rings. The Morgan fingerprint density at radius 3 is 1.57 bits per heavy atom. The van der Waals surface area contributed by atoms with Crippen LogP contribution in [0, 0.1) is 0 Å². The van der Waals surface area contributed by atoms with E-state index < -0.39 is 5.41 Å². The van der Waals surface area contributed by atoms with Gasteiger partial charge in [0.1, 0.15) is 0 Å². The van der Waals surface area contributed by atoms with Crippen molar-refractivity contribution in [2.24, 2.45) is 0 Å². The molecule has 0 N–H and O–H groups in total. The molecule has 0 aliphatic heterocycles. The first kappa shape index (κ1) is 37.0. The number of rotatable bonds is 6. The number of aromatic nitrogens is 3. The van der Waals surface area contributed by atoms with Crippen molar-refractivity contribution in [2.45, 2.75) is 30.6 Å². The van der Waals surface area contributed by atoms with E-state index in [0.29, 0.717) is 17.5 Å². The molecule has 3 nitrogen and oxygen atoms in total. The maximum Gasteiger partial charge on any atom is 0.164 e. The Labute approximate surface area is 368 Å². The summed E-state index contributed by atoms with van der Waals surface area (Å²) in [6.45, 7) is 2.44. The molecule has 2 unspecified atom stereocenters. The Morgan fingerprint density at radius 2 is 0.921 bits per heavy atom. The predicted octanol–water partition coefficient (Wildman–Crippen LogP) is 14.5. The second-order valence-corrected chi connectivity index (χ2v) is 17.0. The van der Waals surface area contributed by atoms with Crippen molar-refractivity contribution in [2.75, 3.05) is 0 Å². The average Bonchev–Trinajstić information content (AvgIpc) is 3.60. The van der Waals surface area contributed by atoms with Crippen LogP contribution < -0.4 is 0 Å². The Bertz CT molecular complexity index is 3230. The zero-order valence-corrected chi connectivity index (χ0v) is 35.0. The maximum atomic E-state index is 5.24. The third kappa shape index (κ3) is 5.84. The smallest absolute Gasteiger partial charge is 0.164 e. The van der Waals surface area contributed by atoms with Gasteiger partial charge in [-0.1, -0.05) is 225 Å². The van der Waals surface area contributed by atoms with Crippen molar-refractivity contribution >= 4 is 10.8 Å². The summed E-state index contributed by atoms with van der Waals surface area (Å²) in [5.74, 6) is 2.29. The number of hydrogen-bond donors (Lipinski definition) is 0. The molecule has 0 amide bonds. The lowest BCUT2D eigenvalue weighted by atomic mass is 9.66. The SMILES string of the molecule is CC1c2ccc3ccc4c(c3c2-c2ccccc2CC1c1ccccc1-c1nc(-c2ccccc2)nc(-c2ccccc2)n1)C(c1ccccc1)(c1ccccc1)c1ccccc1-4. The summed E-state index contributed by atoms with van der Waals surface area (Å²) in [6, 6.07) is 79.5. The molecule has 63 heavy (non-hydrogen) atoms. The first-order valence-electron chi connectivity index (χ1n) is 22.0. The lowest BCUT2D eigenvalue weighted by Gasteiger charge is -2.35. The van der Waals surface area contributed by atoms with Crippen molar-refractivity contribution in [3.63, 3.8) is 0 Å². The summed E-state index contributed by atoms with van der Waals surface area (Å²) in [4.78, 5) is 15.5. The van der Waals surface area contributed by atoms with E-state index in [1.165, 1.54) is 72.0 Å². The highest BCUT2D eigenvalue weighted by atomic mass is 15.0. The Kier molecular flexibility index (Phi) is 8.82. The third-order valence-corrected chi connectivity index (χ3v) is 13.7. The molecule has 0 saturated carbocycles. The lowest BCUT2D eigenvalue weighted by Crippen LogP contribution is -2.29. The van der Waals surface area contributed by atoms with Crippen LogP contribution in [0.1, 0.15) is 57.7 Å². The topological polar surface area (TPSA) is 38.7 Å². The molecule has 0 bridgehead atoms. The first-order chi connectivity index (χ1) is 31.2. The number of nitrogens with zero attached hydrogens (tertiary/aromatic N) is 3. The standard InChI is InChI=1S/C60H43N3/c1-39-46-36-34-40-35-37-50-49-31-18-19-33-53(49)60(44-25-10-4-11-26-44,45-27-12-5-13-28-45)56(50)54(40)55(46)47-29-15-14-24-43(47)38-52(39)48-30-16-17-32-51(48)59-62-57(41-20-6-2-7-21-41)61-58(63-59)42-22-8-3-9-23-42/h2-37,39,52H,38H2,1H3. The van der Waals surface area contributed by atoms with E-state index in [-0.39, 0.29) is 11.8 Å². The van der Waals surface area contributed by atoms with E-state index in [4.69, 9.17) is 15.0 Å². The molecule has 9 aromatic carbocycles. The van der Waals surface area contributed by atoms with Crippen LogP contribution in [0.4, 0.5) is 0 Å². The molecule has 0 radical (unpaired) electrons. The Balaban J connectivity index is 1.12. The Hall–Kier alpha value is -7.75. The summed E-state index contributed by atoms with van der Waals surface area (Å²) < 4.78 is 0. The largest absolute Gasteiger partial charge is 0.208 e. The number of benzene rings is 9.